The summed E-state index contributed by atoms with van der Waals surface area (Å²) in [7, 11) is 0. The predicted octanol–water partition coefficient (Wildman–Crippen LogP) is 2.60. The number of halogens is 4. The zero-order valence-electron chi connectivity index (χ0n) is 13.8. The van der Waals surface area contributed by atoms with Crippen LogP contribution in [0.3, 0.4) is 0 Å². The molecule has 11 heteroatoms. The van der Waals surface area contributed by atoms with E-state index in [0.717, 1.165) is 21.7 Å². The molecule has 3 aromatic rings. The normalized spacial score (nSPS) is 11.9. The van der Waals surface area contributed by atoms with Crippen LogP contribution in [0.15, 0.2) is 12.3 Å². The minimum atomic E-state index is -4.62. The summed E-state index contributed by atoms with van der Waals surface area (Å²) in [6, 6.07) is 0.790. The van der Waals surface area contributed by atoms with Gasteiger partial charge in [0.2, 0.25) is 5.91 Å². The second-order valence-electron chi connectivity index (χ2n) is 5.75. The highest BCUT2D eigenvalue weighted by molar-refractivity contribution is 6.30. The number of nitrogens with one attached hydrogen (secondary N) is 2. The average Bonchev–Trinajstić information content (AvgIpc) is 3.09. The van der Waals surface area contributed by atoms with Crippen molar-refractivity contribution >= 4 is 23.2 Å². The summed E-state index contributed by atoms with van der Waals surface area (Å²) in [5.74, 6) is -0.172. The first-order chi connectivity index (χ1) is 12.2. The summed E-state index contributed by atoms with van der Waals surface area (Å²) in [4.78, 5) is 12.1. The highest BCUT2D eigenvalue weighted by Crippen LogP contribution is 2.33. The molecule has 0 aromatic carbocycles. The lowest BCUT2D eigenvalue weighted by Gasteiger charge is -2.09. The number of fused-ring (bicyclic) bond motifs is 1. The summed E-state index contributed by atoms with van der Waals surface area (Å²) in [5, 5.41) is 16.6. The molecule has 7 nitrogen and oxygen atoms in total. The molecule has 3 rings (SSSR count). The minimum absolute atomic E-state index is 0.0897. The maximum Gasteiger partial charge on any atom is 0.420 e. The number of aryl methyl sites for hydroxylation is 2. The molecule has 3 heterocycles. The molecule has 26 heavy (non-hydrogen) atoms. The van der Waals surface area contributed by atoms with Crippen LogP contribution >= 0.6 is 11.6 Å². The molecule has 0 atom stereocenters. The Balaban J connectivity index is 1.80. The van der Waals surface area contributed by atoms with E-state index in [4.69, 9.17) is 11.6 Å². The molecule has 0 radical (unpaired) electrons. The van der Waals surface area contributed by atoms with E-state index in [1.165, 1.54) is 6.20 Å². The first-order valence-electron chi connectivity index (χ1n) is 7.54. The SMILES string of the molecule is Cc1n[nH]c(C)c1CC(=O)NCc1nnc2c(C(F)(F)F)cc(Cl)cn12. The molecular formula is C15H14ClF3N6O. The topological polar surface area (TPSA) is 88.0 Å². The van der Waals surface area contributed by atoms with Crippen molar-refractivity contribution < 1.29 is 18.0 Å². The van der Waals surface area contributed by atoms with Crippen molar-refractivity contribution in [1.29, 1.82) is 0 Å². The van der Waals surface area contributed by atoms with E-state index in [1.807, 2.05) is 0 Å². The zero-order chi connectivity index (χ0) is 19.1. The number of pyridine rings is 1. The summed E-state index contributed by atoms with van der Waals surface area (Å²) < 4.78 is 40.4. The van der Waals surface area contributed by atoms with Crippen molar-refractivity contribution in [3.8, 4) is 0 Å². The van der Waals surface area contributed by atoms with Gasteiger partial charge in [-0.25, -0.2) is 0 Å². The summed E-state index contributed by atoms with van der Waals surface area (Å²) in [6.45, 7) is 3.49. The van der Waals surface area contributed by atoms with Gasteiger partial charge in [-0.3, -0.25) is 14.3 Å². The van der Waals surface area contributed by atoms with Crippen LogP contribution in [-0.4, -0.2) is 30.7 Å². The van der Waals surface area contributed by atoms with Gasteiger partial charge in [0.15, 0.2) is 11.5 Å². The maximum atomic E-state index is 13.1. The second kappa shape index (κ2) is 6.60. The van der Waals surface area contributed by atoms with Gasteiger partial charge in [0.1, 0.15) is 5.56 Å². The van der Waals surface area contributed by atoms with Crippen LogP contribution in [0.4, 0.5) is 13.2 Å². The van der Waals surface area contributed by atoms with Gasteiger partial charge in [-0.15, -0.1) is 10.2 Å². The number of hydrogen-bond acceptors (Lipinski definition) is 4. The van der Waals surface area contributed by atoms with Crippen molar-refractivity contribution in [3.63, 3.8) is 0 Å². The van der Waals surface area contributed by atoms with Gasteiger partial charge >= 0.3 is 6.18 Å². The Labute approximate surface area is 150 Å². The number of nitrogens with zero attached hydrogens (tertiary/aromatic N) is 4. The summed E-state index contributed by atoms with van der Waals surface area (Å²) >= 11 is 5.78. The van der Waals surface area contributed by atoms with E-state index in [0.29, 0.717) is 5.69 Å². The fourth-order valence-electron chi connectivity index (χ4n) is 2.57. The molecule has 3 aromatic heterocycles. The fraction of sp³-hybridized carbons (Fsp3) is 0.333. The lowest BCUT2D eigenvalue weighted by atomic mass is 10.1. The first kappa shape index (κ1) is 18.2. The molecule has 138 valence electrons. The maximum absolute atomic E-state index is 13.1. The van der Waals surface area contributed by atoms with Crippen LogP contribution in [0.25, 0.3) is 5.65 Å². The largest absolute Gasteiger partial charge is 0.420 e. The van der Waals surface area contributed by atoms with E-state index >= 15 is 0 Å². The highest BCUT2D eigenvalue weighted by atomic mass is 35.5. The van der Waals surface area contributed by atoms with Gasteiger partial charge in [-0.2, -0.15) is 18.3 Å². The predicted molar refractivity (Wildman–Crippen MR) is 86.6 cm³/mol. The molecule has 0 saturated heterocycles. The van der Waals surface area contributed by atoms with Crippen LogP contribution < -0.4 is 5.32 Å². The quantitative estimate of drug-likeness (QED) is 0.721. The number of H-pyrrole nitrogens is 1. The molecule has 0 aliphatic carbocycles. The third kappa shape index (κ3) is 3.50. The van der Waals surface area contributed by atoms with E-state index in [-0.39, 0.29) is 35.4 Å². The number of carbonyl (C=O) groups excluding carboxylic acids is 1. The van der Waals surface area contributed by atoms with Gasteiger partial charge in [0.05, 0.1) is 23.7 Å². The molecule has 0 aliphatic heterocycles. The van der Waals surface area contributed by atoms with Crippen molar-refractivity contribution in [1.82, 2.24) is 30.1 Å². The van der Waals surface area contributed by atoms with Crippen molar-refractivity contribution in [3.05, 3.63) is 45.6 Å². The molecule has 0 aliphatic rings. The van der Waals surface area contributed by atoms with Crippen LogP contribution in [0, 0.1) is 13.8 Å². The summed E-state index contributed by atoms with van der Waals surface area (Å²) in [5.41, 5.74) is 0.919. The molecular weight excluding hydrogens is 373 g/mol. The number of rotatable bonds is 4. The lowest BCUT2D eigenvalue weighted by molar-refractivity contribution is -0.136. The minimum Gasteiger partial charge on any atom is -0.348 e. The van der Waals surface area contributed by atoms with E-state index in [1.54, 1.807) is 13.8 Å². The molecule has 0 fully saturated rings. The van der Waals surface area contributed by atoms with Crippen molar-refractivity contribution in [2.75, 3.05) is 0 Å². The number of aromatic amines is 1. The number of hydrogen-bond donors (Lipinski definition) is 2. The Kier molecular flexibility index (Phi) is 4.61. The molecule has 0 saturated carbocycles. The third-order valence-electron chi connectivity index (χ3n) is 3.91. The van der Waals surface area contributed by atoms with E-state index in [9.17, 15) is 18.0 Å². The number of alkyl halides is 3. The number of aromatic nitrogens is 5. The second-order valence-corrected chi connectivity index (χ2v) is 6.18. The van der Waals surface area contributed by atoms with Gasteiger partial charge < -0.3 is 5.32 Å². The van der Waals surface area contributed by atoms with Crippen LogP contribution in [0.5, 0.6) is 0 Å². The fourth-order valence-corrected chi connectivity index (χ4v) is 2.78. The molecule has 0 unspecified atom stereocenters. The van der Waals surface area contributed by atoms with Crippen LogP contribution in [-0.2, 0) is 23.9 Å². The van der Waals surface area contributed by atoms with Crippen molar-refractivity contribution in [2.24, 2.45) is 0 Å². The lowest BCUT2D eigenvalue weighted by Crippen LogP contribution is -2.26. The Morgan fingerprint density at radius 3 is 2.69 bits per heavy atom. The summed E-state index contributed by atoms with van der Waals surface area (Å²) in [6.07, 6.45) is -3.24. The Morgan fingerprint density at radius 2 is 2.08 bits per heavy atom. The number of amides is 1. The monoisotopic (exact) mass is 386 g/mol. The Hall–Kier alpha value is -2.62. The van der Waals surface area contributed by atoms with Gasteiger partial charge in [0, 0.05) is 17.5 Å². The van der Waals surface area contributed by atoms with Gasteiger partial charge in [0.25, 0.3) is 0 Å². The van der Waals surface area contributed by atoms with Crippen molar-refractivity contribution in [2.45, 2.75) is 33.0 Å². The van der Waals surface area contributed by atoms with Gasteiger partial charge in [-0.1, -0.05) is 11.6 Å². The van der Waals surface area contributed by atoms with Crippen LogP contribution in [0.2, 0.25) is 5.02 Å². The smallest absolute Gasteiger partial charge is 0.348 e. The van der Waals surface area contributed by atoms with Gasteiger partial charge in [-0.05, 0) is 19.9 Å². The third-order valence-corrected chi connectivity index (χ3v) is 4.12. The zero-order valence-corrected chi connectivity index (χ0v) is 14.5. The van der Waals surface area contributed by atoms with E-state index in [2.05, 4.69) is 25.7 Å². The molecule has 0 bridgehead atoms. The standard InChI is InChI=1S/C15H14ClF3N6O/c1-7-10(8(2)22-21-7)4-13(26)20-5-12-23-24-14-11(15(17,18)19)3-9(16)6-25(12)14/h3,6H,4-5H2,1-2H3,(H,20,26)(H,21,22). The number of carbonyl (C=O) groups is 1. The first-order valence-corrected chi connectivity index (χ1v) is 7.92. The molecule has 2 N–H and O–H groups in total. The molecule has 0 spiro atoms. The Bertz CT molecular complexity index is 958. The Morgan fingerprint density at radius 1 is 1.35 bits per heavy atom. The van der Waals surface area contributed by atoms with Crippen LogP contribution in [0.1, 0.15) is 28.3 Å². The highest BCUT2D eigenvalue weighted by Gasteiger charge is 2.35. The van der Waals surface area contributed by atoms with E-state index < -0.39 is 11.7 Å². The average molecular weight is 387 g/mol. The molecule has 1 amide bonds.